The Labute approximate surface area is 171 Å². The lowest BCUT2D eigenvalue weighted by molar-refractivity contribution is -0.117. The Morgan fingerprint density at radius 1 is 1.38 bits per heavy atom. The van der Waals surface area contributed by atoms with Gasteiger partial charge in [0.2, 0.25) is 5.91 Å². The van der Waals surface area contributed by atoms with Gasteiger partial charge in [-0.05, 0) is 79.5 Å². The first-order valence-electron chi connectivity index (χ1n) is 10.3. The van der Waals surface area contributed by atoms with Gasteiger partial charge >= 0.3 is 10.3 Å². The fourth-order valence-electron chi connectivity index (χ4n) is 6.33. The fraction of sp³-hybridized carbons (Fsp3) is 0.667. The minimum Gasteiger partial charge on any atom is -0.390 e. The average molecular weight is 426 g/mol. The van der Waals surface area contributed by atoms with E-state index in [2.05, 4.69) is 6.92 Å². The third-order valence-corrected chi connectivity index (χ3v) is 8.45. The molecule has 160 valence electrons. The number of aryl methyl sites for hydroxylation is 1. The van der Waals surface area contributed by atoms with Crippen molar-refractivity contribution in [1.82, 2.24) is 4.72 Å². The summed E-state index contributed by atoms with van der Waals surface area (Å²) in [6, 6.07) is 5.25. The van der Waals surface area contributed by atoms with Crippen LogP contribution < -0.4 is 8.91 Å². The quantitative estimate of drug-likeness (QED) is 0.774. The molecular formula is C21H28FNO5S. The fourth-order valence-corrected chi connectivity index (χ4v) is 7.08. The van der Waals surface area contributed by atoms with Crippen LogP contribution in [-0.2, 0) is 21.5 Å². The summed E-state index contributed by atoms with van der Waals surface area (Å²) in [5.41, 5.74) is 1.90. The normalized spacial score (nSPS) is 35.9. The Hall–Kier alpha value is -1.67. The van der Waals surface area contributed by atoms with Crippen LogP contribution in [0.25, 0.3) is 0 Å². The molecule has 0 aliphatic heterocycles. The summed E-state index contributed by atoms with van der Waals surface area (Å²) in [5, 5.41) is 10.6. The number of carbonyl (C=O) groups excluding carboxylic acids is 1. The first-order chi connectivity index (χ1) is 13.7. The van der Waals surface area contributed by atoms with E-state index in [-0.39, 0.29) is 17.1 Å². The molecule has 1 aromatic rings. The number of hydrogen-bond donors (Lipinski definition) is 2. The molecule has 2 fully saturated rings. The van der Waals surface area contributed by atoms with Gasteiger partial charge in [-0.25, -0.2) is 9.11 Å². The molecule has 3 aliphatic carbocycles. The highest BCUT2D eigenvalue weighted by Gasteiger charge is 2.59. The first-order valence-corrected chi connectivity index (χ1v) is 11.8. The number of halogens is 1. The van der Waals surface area contributed by atoms with Crippen molar-refractivity contribution in [2.45, 2.75) is 70.6 Å². The maximum atomic E-state index is 14.5. The smallest absolute Gasteiger partial charge is 0.390 e. The highest BCUT2D eigenvalue weighted by Crippen LogP contribution is 2.62. The van der Waals surface area contributed by atoms with Crippen LogP contribution in [0, 0.1) is 17.3 Å². The standard InChI is InChI=1S/C21H28FNO5S/c1-3-21-9-8-16-15-7-5-14(28-29(26,27)23-12(2)24)10-13(15)4-6-17(16)18(21)11-19(22)20(21)25/h5,7,10,16-20,25H,3-4,6,8-9,11H2,1-2H3,(H,23,24). The molecule has 6 nitrogen and oxygen atoms in total. The monoisotopic (exact) mass is 425 g/mol. The number of aliphatic hydroxyl groups excluding tert-OH is 1. The predicted molar refractivity (Wildman–Crippen MR) is 105 cm³/mol. The van der Waals surface area contributed by atoms with E-state index in [1.165, 1.54) is 5.56 Å². The zero-order valence-corrected chi connectivity index (χ0v) is 17.5. The number of rotatable bonds is 4. The van der Waals surface area contributed by atoms with E-state index >= 15 is 0 Å². The van der Waals surface area contributed by atoms with E-state index in [0.717, 1.165) is 44.6 Å². The maximum Gasteiger partial charge on any atom is 0.409 e. The van der Waals surface area contributed by atoms with Crippen LogP contribution in [0.5, 0.6) is 5.75 Å². The first kappa shape index (κ1) is 20.6. The lowest BCUT2D eigenvalue weighted by Gasteiger charge is -2.51. The molecule has 6 atom stereocenters. The minimum absolute atomic E-state index is 0.176. The van der Waals surface area contributed by atoms with Gasteiger partial charge in [-0.15, -0.1) is 0 Å². The number of amides is 1. The molecule has 0 bridgehead atoms. The maximum absolute atomic E-state index is 14.5. The zero-order valence-electron chi connectivity index (χ0n) is 16.7. The molecule has 2 saturated carbocycles. The summed E-state index contributed by atoms with van der Waals surface area (Å²) in [6.45, 7) is 3.17. The van der Waals surface area contributed by atoms with Crippen molar-refractivity contribution in [3.63, 3.8) is 0 Å². The number of hydrogen-bond acceptors (Lipinski definition) is 5. The molecule has 0 radical (unpaired) electrons. The van der Waals surface area contributed by atoms with E-state index in [4.69, 9.17) is 4.18 Å². The molecule has 0 heterocycles. The van der Waals surface area contributed by atoms with Gasteiger partial charge in [-0.3, -0.25) is 4.79 Å². The van der Waals surface area contributed by atoms with Crippen LogP contribution in [0.3, 0.4) is 0 Å². The molecule has 0 aromatic heterocycles. The summed E-state index contributed by atoms with van der Waals surface area (Å²) in [4.78, 5) is 11.0. The van der Waals surface area contributed by atoms with Gasteiger partial charge in [0.25, 0.3) is 0 Å². The lowest BCUT2D eigenvalue weighted by atomic mass is 9.54. The Morgan fingerprint density at radius 2 is 2.14 bits per heavy atom. The summed E-state index contributed by atoms with van der Waals surface area (Å²) in [5.74, 6) is 0.274. The number of alkyl halides is 1. The van der Waals surface area contributed by atoms with Crippen molar-refractivity contribution in [3.8, 4) is 5.75 Å². The number of nitrogens with one attached hydrogen (secondary N) is 1. The van der Waals surface area contributed by atoms with Crippen LogP contribution in [-0.4, -0.2) is 31.7 Å². The van der Waals surface area contributed by atoms with Crippen LogP contribution in [0.2, 0.25) is 0 Å². The van der Waals surface area contributed by atoms with E-state index in [1.54, 1.807) is 16.9 Å². The van der Waals surface area contributed by atoms with E-state index in [0.29, 0.717) is 18.3 Å². The highest BCUT2D eigenvalue weighted by atomic mass is 32.2. The van der Waals surface area contributed by atoms with E-state index < -0.39 is 28.5 Å². The van der Waals surface area contributed by atoms with Gasteiger partial charge in [0, 0.05) is 12.3 Å². The molecule has 4 rings (SSSR count). The largest absolute Gasteiger partial charge is 0.409 e. The Morgan fingerprint density at radius 3 is 2.83 bits per heavy atom. The molecule has 6 unspecified atom stereocenters. The van der Waals surface area contributed by atoms with Gasteiger partial charge in [-0.1, -0.05) is 13.0 Å². The second-order valence-corrected chi connectivity index (χ2v) is 10.1. The topological polar surface area (TPSA) is 92.7 Å². The predicted octanol–water partition coefficient (Wildman–Crippen LogP) is 3.00. The van der Waals surface area contributed by atoms with Crippen LogP contribution >= 0.6 is 0 Å². The molecule has 2 N–H and O–H groups in total. The lowest BCUT2D eigenvalue weighted by Crippen LogP contribution is -2.46. The number of benzene rings is 1. The van der Waals surface area contributed by atoms with Crippen LogP contribution in [0.4, 0.5) is 4.39 Å². The summed E-state index contributed by atoms with van der Waals surface area (Å²) in [7, 11) is -4.19. The minimum atomic E-state index is -4.19. The van der Waals surface area contributed by atoms with Crippen LogP contribution in [0.15, 0.2) is 18.2 Å². The molecule has 0 saturated heterocycles. The van der Waals surface area contributed by atoms with Gasteiger partial charge in [0.15, 0.2) is 0 Å². The SMILES string of the molecule is CCC12CCC3c4ccc(OS(=O)(=O)NC(C)=O)cc4CCC3C1CC(F)C2O. The van der Waals surface area contributed by atoms with Crippen molar-refractivity contribution < 1.29 is 26.9 Å². The summed E-state index contributed by atoms with van der Waals surface area (Å²) in [6.07, 6.45) is 2.58. The molecular weight excluding hydrogens is 397 g/mol. The molecule has 29 heavy (non-hydrogen) atoms. The van der Waals surface area contributed by atoms with Crippen molar-refractivity contribution >= 4 is 16.2 Å². The Kier molecular flexibility index (Phi) is 5.14. The number of fused-ring (bicyclic) bond motifs is 5. The van der Waals surface area contributed by atoms with Crippen molar-refractivity contribution in [3.05, 3.63) is 29.3 Å². The van der Waals surface area contributed by atoms with Crippen molar-refractivity contribution in [2.75, 3.05) is 0 Å². The molecule has 1 aromatic carbocycles. The second kappa shape index (κ2) is 7.23. The highest BCUT2D eigenvalue weighted by molar-refractivity contribution is 7.85. The Bertz CT molecular complexity index is 920. The van der Waals surface area contributed by atoms with Gasteiger partial charge < -0.3 is 9.29 Å². The Balaban J connectivity index is 1.59. The van der Waals surface area contributed by atoms with Gasteiger partial charge in [-0.2, -0.15) is 8.42 Å². The molecule has 3 aliphatic rings. The average Bonchev–Trinajstić information content (AvgIpc) is 2.91. The molecule has 1 amide bonds. The molecule has 8 heteroatoms. The van der Waals surface area contributed by atoms with Crippen molar-refractivity contribution in [1.29, 1.82) is 0 Å². The van der Waals surface area contributed by atoms with Crippen LogP contribution in [0.1, 0.15) is 63.0 Å². The zero-order chi connectivity index (χ0) is 21.0. The molecule has 0 spiro atoms. The number of aliphatic hydroxyl groups is 1. The third-order valence-electron chi connectivity index (χ3n) is 7.50. The third kappa shape index (κ3) is 3.44. The number of carbonyl (C=O) groups is 1. The summed E-state index contributed by atoms with van der Waals surface area (Å²) < 4.78 is 44.9. The van der Waals surface area contributed by atoms with Gasteiger partial charge in [0.1, 0.15) is 11.9 Å². The second-order valence-electron chi connectivity index (χ2n) is 8.79. The van der Waals surface area contributed by atoms with E-state index in [1.807, 2.05) is 6.07 Å². The van der Waals surface area contributed by atoms with Gasteiger partial charge in [0.05, 0.1) is 6.10 Å². The van der Waals surface area contributed by atoms with E-state index in [9.17, 15) is 22.7 Å². The summed E-state index contributed by atoms with van der Waals surface area (Å²) >= 11 is 0. The van der Waals surface area contributed by atoms with Crippen molar-refractivity contribution in [2.24, 2.45) is 17.3 Å².